The fourth-order valence-electron chi connectivity index (χ4n) is 2.43. The van der Waals surface area contributed by atoms with Crippen LogP contribution in [0.2, 0.25) is 0 Å². The zero-order valence-corrected chi connectivity index (χ0v) is 12.2. The second-order valence-electron chi connectivity index (χ2n) is 5.30. The molecule has 0 amide bonds. The Morgan fingerprint density at radius 3 is 1.70 bits per heavy atom. The van der Waals surface area contributed by atoms with Crippen molar-refractivity contribution in [2.24, 2.45) is 5.73 Å². The average Bonchev–Trinajstić information content (AvgIpc) is 2.49. The first-order valence-corrected chi connectivity index (χ1v) is 7.31. The maximum absolute atomic E-state index is 5.73. The molecule has 2 aromatic rings. The Bertz CT molecular complexity index is 440. The topological polar surface area (TPSA) is 29.3 Å². The van der Waals surface area contributed by atoms with Crippen molar-refractivity contribution in [3.05, 3.63) is 71.8 Å². The van der Waals surface area contributed by atoms with Gasteiger partial charge in [-0.15, -0.1) is 0 Å². The summed E-state index contributed by atoms with van der Waals surface area (Å²) in [4.78, 5) is 2.50. The lowest BCUT2D eigenvalue weighted by molar-refractivity contribution is 0.183. The summed E-state index contributed by atoms with van der Waals surface area (Å²) in [5.74, 6) is 0. The van der Waals surface area contributed by atoms with Gasteiger partial charge >= 0.3 is 0 Å². The molecule has 106 valence electrons. The normalized spacial score (nSPS) is 12.6. The van der Waals surface area contributed by atoms with Crippen molar-refractivity contribution in [1.29, 1.82) is 0 Å². The summed E-state index contributed by atoms with van der Waals surface area (Å²) in [7, 11) is 0. The van der Waals surface area contributed by atoms with Crippen molar-refractivity contribution in [3.8, 4) is 0 Å². The first-order valence-electron chi connectivity index (χ1n) is 7.31. The van der Waals surface area contributed by atoms with Gasteiger partial charge in [0.05, 0.1) is 0 Å². The van der Waals surface area contributed by atoms with Crippen molar-refractivity contribution in [3.63, 3.8) is 0 Å². The van der Waals surface area contributed by atoms with E-state index in [0.29, 0.717) is 6.04 Å². The molecular formula is C18H24N2. The van der Waals surface area contributed by atoms with Crippen molar-refractivity contribution in [2.75, 3.05) is 6.54 Å². The van der Waals surface area contributed by atoms with E-state index in [1.165, 1.54) is 11.1 Å². The van der Waals surface area contributed by atoms with Crippen LogP contribution in [0.15, 0.2) is 60.7 Å². The van der Waals surface area contributed by atoms with Gasteiger partial charge < -0.3 is 5.73 Å². The van der Waals surface area contributed by atoms with E-state index >= 15 is 0 Å². The molecule has 0 spiro atoms. The molecule has 0 aliphatic heterocycles. The molecule has 2 aromatic carbocycles. The third kappa shape index (κ3) is 4.48. The molecule has 20 heavy (non-hydrogen) atoms. The summed E-state index contributed by atoms with van der Waals surface area (Å²) >= 11 is 0. The van der Waals surface area contributed by atoms with Gasteiger partial charge in [0, 0.05) is 19.1 Å². The second-order valence-corrected chi connectivity index (χ2v) is 5.30. The first kappa shape index (κ1) is 14.8. The third-order valence-corrected chi connectivity index (χ3v) is 3.66. The number of hydrogen-bond donors (Lipinski definition) is 1. The van der Waals surface area contributed by atoms with Crippen LogP contribution in [-0.4, -0.2) is 17.5 Å². The van der Waals surface area contributed by atoms with Gasteiger partial charge in [0.2, 0.25) is 0 Å². The molecule has 0 saturated carbocycles. The minimum Gasteiger partial charge on any atom is -0.330 e. The molecule has 0 aliphatic rings. The Morgan fingerprint density at radius 2 is 1.30 bits per heavy atom. The Labute approximate surface area is 122 Å². The van der Waals surface area contributed by atoms with Crippen LogP contribution in [0, 0.1) is 0 Å². The van der Waals surface area contributed by atoms with Crippen LogP contribution in [0.25, 0.3) is 0 Å². The summed E-state index contributed by atoms with van der Waals surface area (Å²) in [6, 6.07) is 21.8. The minimum atomic E-state index is 0.486. The number of hydrogen-bond acceptors (Lipinski definition) is 2. The van der Waals surface area contributed by atoms with Crippen LogP contribution in [0.1, 0.15) is 24.5 Å². The predicted octanol–water partition coefficient (Wildman–Crippen LogP) is 3.43. The number of nitrogens with two attached hydrogens (primary N) is 1. The molecule has 0 fully saturated rings. The highest BCUT2D eigenvalue weighted by molar-refractivity contribution is 5.17. The van der Waals surface area contributed by atoms with Crippen LogP contribution in [0.4, 0.5) is 0 Å². The van der Waals surface area contributed by atoms with E-state index in [1.54, 1.807) is 0 Å². The number of benzene rings is 2. The molecule has 2 rings (SSSR count). The summed E-state index contributed by atoms with van der Waals surface area (Å²) in [6.45, 7) is 4.94. The summed E-state index contributed by atoms with van der Waals surface area (Å²) < 4.78 is 0. The largest absolute Gasteiger partial charge is 0.330 e. The van der Waals surface area contributed by atoms with Crippen LogP contribution < -0.4 is 5.73 Å². The van der Waals surface area contributed by atoms with E-state index in [9.17, 15) is 0 Å². The van der Waals surface area contributed by atoms with Crippen molar-refractivity contribution in [1.82, 2.24) is 4.90 Å². The Morgan fingerprint density at radius 1 is 0.850 bits per heavy atom. The summed E-state index contributed by atoms with van der Waals surface area (Å²) in [6.07, 6.45) is 1.03. The highest BCUT2D eigenvalue weighted by atomic mass is 15.1. The lowest BCUT2D eigenvalue weighted by atomic mass is 10.1. The lowest BCUT2D eigenvalue weighted by Gasteiger charge is -2.29. The molecule has 0 bridgehead atoms. The molecule has 2 nitrogen and oxygen atoms in total. The van der Waals surface area contributed by atoms with Gasteiger partial charge in [0.15, 0.2) is 0 Å². The van der Waals surface area contributed by atoms with Gasteiger partial charge in [0.25, 0.3) is 0 Å². The van der Waals surface area contributed by atoms with E-state index in [-0.39, 0.29) is 0 Å². The molecule has 0 saturated heterocycles. The van der Waals surface area contributed by atoms with Gasteiger partial charge in [-0.05, 0) is 31.0 Å². The van der Waals surface area contributed by atoms with E-state index in [2.05, 4.69) is 72.5 Å². The molecule has 1 atom stereocenters. The van der Waals surface area contributed by atoms with Crippen molar-refractivity contribution < 1.29 is 0 Å². The Kier molecular flexibility index (Phi) is 5.78. The predicted molar refractivity (Wildman–Crippen MR) is 85.3 cm³/mol. The average molecular weight is 268 g/mol. The van der Waals surface area contributed by atoms with Gasteiger partial charge in [0.1, 0.15) is 0 Å². The fourth-order valence-corrected chi connectivity index (χ4v) is 2.43. The molecule has 0 aliphatic carbocycles. The van der Waals surface area contributed by atoms with E-state index < -0.39 is 0 Å². The molecule has 0 aromatic heterocycles. The molecule has 1 unspecified atom stereocenters. The van der Waals surface area contributed by atoms with Gasteiger partial charge in [-0.25, -0.2) is 0 Å². The molecule has 0 heterocycles. The number of nitrogens with zero attached hydrogens (tertiary/aromatic N) is 1. The van der Waals surface area contributed by atoms with Crippen molar-refractivity contribution in [2.45, 2.75) is 32.5 Å². The van der Waals surface area contributed by atoms with Crippen LogP contribution in [-0.2, 0) is 13.1 Å². The second kappa shape index (κ2) is 7.83. The van der Waals surface area contributed by atoms with Gasteiger partial charge in [-0.3, -0.25) is 4.90 Å². The monoisotopic (exact) mass is 268 g/mol. The standard InChI is InChI=1S/C18H24N2/c1-16(12-13-19)20(14-17-8-4-2-5-9-17)15-18-10-6-3-7-11-18/h2-11,16H,12-15,19H2,1H3. The number of rotatable bonds is 7. The zero-order chi connectivity index (χ0) is 14.2. The van der Waals surface area contributed by atoms with Crippen LogP contribution in [0.5, 0.6) is 0 Å². The first-order chi connectivity index (χ1) is 9.79. The Hall–Kier alpha value is -1.64. The van der Waals surface area contributed by atoms with Gasteiger partial charge in [-0.1, -0.05) is 60.7 Å². The van der Waals surface area contributed by atoms with Crippen LogP contribution in [0.3, 0.4) is 0 Å². The van der Waals surface area contributed by atoms with Crippen LogP contribution >= 0.6 is 0 Å². The van der Waals surface area contributed by atoms with E-state index in [1.807, 2.05) is 0 Å². The quantitative estimate of drug-likeness (QED) is 0.833. The molecule has 2 N–H and O–H groups in total. The minimum absolute atomic E-state index is 0.486. The van der Waals surface area contributed by atoms with Crippen molar-refractivity contribution >= 4 is 0 Å². The van der Waals surface area contributed by atoms with E-state index in [0.717, 1.165) is 26.1 Å². The van der Waals surface area contributed by atoms with Gasteiger partial charge in [-0.2, -0.15) is 0 Å². The summed E-state index contributed by atoms with van der Waals surface area (Å²) in [5.41, 5.74) is 8.44. The highest BCUT2D eigenvalue weighted by Gasteiger charge is 2.14. The SMILES string of the molecule is CC(CCN)N(Cc1ccccc1)Cc1ccccc1. The summed E-state index contributed by atoms with van der Waals surface area (Å²) in [5, 5.41) is 0. The maximum Gasteiger partial charge on any atom is 0.0240 e. The third-order valence-electron chi connectivity index (χ3n) is 3.66. The molecule has 0 radical (unpaired) electrons. The fraction of sp³-hybridized carbons (Fsp3) is 0.333. The Balaban J connectivity index is 2.08. The van der Waals surface area contributed by atoms with E-state index in [4.69, 9.17) is 5.73 Å². The highest BCUT2D eigenvalue weighted by Crippen LogP contribution is 2.14. The smallest absolute Gasteiger partial charge is 0.0240 e. The molecule has 2 heteroatoms. The molecular weight excluding hydrogens is 244 g/mol. The lowest BCUT2D eigenvalue weighted by Crippen LogP contribution is -2.33. The zero-order valence-electron chi connectivity index (χ0n) is 12.2. The maximum atomic E-state index is 5.73.